The van der Waals surface area contributed by atoms with Crippen molar-refractivity contribution in [1.82, 2.24) is 10.2 Å². The number of sulfonamides is 1. The average molecular weight is 412 g/mol. The second-order valence-electron chi connectivity index (χ2n) is 5.62. The number of nitrogens with one attached hydrogen (secondary N) is 2. The molecule has 8 nitrogen and oxygen atoms in total. The van der Waals surface area contributed by atoms with Crippen molar-refractivity contribution < 1.29 is 31.9 Å². The van der Waals surface area contributed by atoms with Crippen LogP contribution in [0.4, 0.5) is 4.39 Å². The van der Waals surface area contributed by atoms with Crippen molar-refractivity contribution in [2.75, 3.05) is 27.4 Å². The maximum atomic E-state index is 12.8. The summed E-state index contributed by atoms with van der Waals surface area (Å²) in [4.78, 5) is 18.1. The first-order valence-corrected chi connectivity index (χ1v) is 9.71. The van der Waals surface area contributed by atoms with Crippen molar-refractivity contribution in [3.05, 3.63) is 53.8 Å². The fraction of sp³-hybridized carbons (Fsp3) is 0.278. The summed E-state index contributed by atoms with van der Waals surface area (Å²) < 4.78 is 47.1. The molecule has 2 rings (SSSR count). The molecule has 0 aliphatic heterocycles. The Balaban J connectivity index is 1.75. The van der Waals surface area contributed by atoms with Gasteiger partial charge in [0, 0.05) is 6.54 Å². The van der Waals surface area contributed by atoms with E-state index < -0.39 is 28.4 Å². The highest BCUT2D eigenvalue weighted by Gasteiger charge is 2.15. The molecule has 0 aliphatic rings. The molecule has 2 aromatic carbocycles. The van der Waals surface area contributed by atoms with Gasteiger partial charge < -0.3 is 14.8 Å². The Morgan fingerprint density at radius 3 is 2.36 bits per heavy atom. The summed E-state index contributed by atoms with van der Waals surface area (Å²) in [6.45, 7) is -0.186. The van der Waals surface area contributed by atoms with E-state index in [4.69, 9.17) is 14.3 Å². The van der Waals surface area contributed by atoms with Crippen LogP contribution in [0, 0.1) is 5.82 Å². The molecule has 0 heterocycles. The third-order valence-corrected chi connectivity index (χ3v) is 4.91. The van der Waals surface area contributed by atoms with Crippen molar-refractivity contribution in [3.63, 3.8) is 0 Å². The first kappa shape index (κ1) is 21.6. The van der Waals surface area contributed by atoms with E-state index in [2.05, 4.69) is 5.32 Å². The first-order chi connectivity index (χ1) is 13.4. The second-order valence-corrected chi connectivity index (χ2v) is 7.26. The van der Waals surface area contributed by atoms with Gasteiger partial charge in [0.05, 0.1) is 19.1 Å². The number of carbonyl (C=O) groups excluding carboxylic acids is 1. The van der Waals surface area contributed by atoms with Crippen molar-refractivity contribution >= 4 is 15.9 Å². The summed E-state index contributed by atoms with van der Waals surface area (Å²) in [5, 5.41) is 2.61. The minimum Gasteiger partial charge on any atom is -0.493 e. The molecule has 0 atom stereocenters. The predicted octanol–water partition coefficient (Wildman–Crippen LogP) is 1.41. The molecule has 1 amide bonds. The number of amides is 1. The van der Waals surface area contributed by atoms with Crippen molar-refractivity contribution in [1.29, 1.82) is 0 Å². The van der Waals surface area contributed by atoms with Crippen molar-refractivity contribution in [2.24, 2.45) is 0 Å². The number of hydrogen-bond donors (Lipinski definition) is 2. The number of ether oxygens (including phenoxy) is 2. The van der Waals surface area contributed by atoms with Gasteiger partial charge in [0.25, 0.3) is 10.0 Å². The molecule has 152 valence electrons. The van der Waals surface area contributed by atoms with E-state index in [1.807, 2.05) is 11.0 Å². The lowest BCUT2D eigenvalue weighted by Gasteiger charge is -2.10. The van der Waals surface area contributed by atoms with E-state index >= 15 is 0 Å². The Hall–Kier alpha value is -2.69. The SMILES string of the molecule is COc1ccc(CCNC(=O)CONS(=O)(=O)c2ccc(F)cc2)cc1OC. The molecule has 0 bridgehead atoms. The van der Waals surface area contributed by atoms with Crippen LogP contribution in [-0.4, -0.2) is 41.7 Å². The molecule has 0 fully saturated rings. The smallest absolute Gasteiger partial charge is 0.262 e. The van der Waals surface area contributed by atoms with Crippen LogP contribution >= 0.6 is 0 Å². The minimum atomic E-state index is -4.00. The molecule has 0 unspecified atom stereocenters. The Labute approximate surface area is 162 Å². The van der Waals surface area contributed by atoms with Crippen molar-refractivity contribution in [2.45, 2.75) is 11.3 Å². The van der Waals surface area contributed by atoms with E-state index in [0.29, 0.717) is 24.5 Å². The maximum Gasteiger partial charge on any atom is 0.262 e. The van der Waals surface area contributed by atoms with Crippen LogP contribution in [0.2, 0.25) is 0 Å². The van der Waals surface area contributed by atoms with Gasteiger partial charge in [-0.15, -0.1) is 0 Å². The Kier molecular flexibility index (Phi) is 7.73. The van der Waals surface area contributed by atoms with E-state index in [-0.39, 0.29) is 4.90 Å². The van der Waals surface area contributed by atoms with Crippen molar-refractivity contribution in [3.8, 4) is 11.5 Å². The summed E-state index contributed by atoms with van der Waals surface area (Å²) in [6.07, 6.45) is 0.535. The summed E-state index contributed by atoms with van der Waals surface area (Å²) in [6, 6.07) is 9.61. The van der Waals surface area contributed by atoms with Gasteiger partial charge >= 0.3 is 0 Å². The fourth-order valence-corrected chi connectivity index (χ4v) is 3.07. The Morgan fingerprint density at radius 2 is 1.71 bits per heavy atom. The van der Waals surface area contributed by atoms with Gasteiger partial charge in [0.15, 0.2) is 11.5 Å². The number of benzene rings is 2. The maximum absolute atomic E-state index is 12.8. The van der Waals surface area contributed by atoms with Crippen LogP contribution in [0.3, 0.4) is 0 Å². The normalized spacial score (nSPS) is 11.1. The van der Waals surface area contributed by atoms with Gasteiger partial charge in [-0.1, -0.05) is 11.0 Å². The zero-order valence-electron chi connectivity index (χ0n) is 15.4. The van der Waals surface area contributed by atoms with Crippen LogP contribution < -0.4 is 19.7 Å². The molecule has 0 aromatic heterocycles. The topological polar surface area (TPSA) is 103 Å². The molecule has 0 spiro atoms. The van der Waals surface area contributed by atoms with E-state index in [1.54, 1.807) is 19.2 Å². The molecule has 0 radical (unpaired) electrons. The fourth-order valence-electron chi connectivity index (χ4n) is 2.27. The minimum absolute atomic E-state index is 0.178. The van der Waals surface area contributed by atoms with Gasteiger partial charge in [-0.3, -0.25) is 9.63 Å². The van der Waals surface area contributed by atoms with E-state index in [0.717, 1.165) is 29.8 Å². The molecule has 0 aliphatic carbocycles. The highest BCUT2D eigenvalue weighted by molar-refractivity contribution is 7.89. The van der Waals surface area contributed by atoms with Gasteiger partial charge in [-0.25, -0.2) is 12.8 Å². The van der Waals surface area contributed by atoms with Gasteiger partial charge in [0.2, 0.25) is 5.91 Å². The van der Waals surface area contributed by atoms with Gasteiger partial charge in [0.1, 0.15) is 12.4 Å². The van der Waals surface area contributed by atoms with Gasteiger partial charge in [-0.05, 0) is 48.4 Å². The summed E-state index contributed by atoms with van der Waals surface area (Å²) in [5.41, 5.74) is 0.927. The Morgan fingerprint density at radius 1 is 1.04 bits per heavy atom. The standard InChI is InChI=1S/C18H21FN2O6S/c1-25-16-8-3-13(11-17(16)26-2)9-10-20-18(22)12-27-21-28(23,24)15-6-4-14(19)5-7-15/h3-8,11,21H,9-10,12H2,1-2H3,(H,20,22). The van der Waals surface area contributed by atoms with Gasteiger partial charge in [-0.2, -0.15) is 0 Å². The monoisotopic (exact) mass is 412 g/mol. The van der Waals surface area contributed by atoms with Crippen LogP contribution in [-0.2, 0) is 26.1 Å². The molecule has 10 heteroatoms. The lowest BCUT2D eigenvalue weighted by atomic mass is 10.1. The van der Waals surface area contributed by atoms with Crippen LogP contribution in [0.15, 0.2) is 47.4 Å². The second kappa shape index (κ2) is 10.0. The summed E-state index contributed by atoms with van der Waals surface area (Å²) in [5.74, 6) is 0.137. The molecule has 2 N–H and O–H groups in total. The summed E-state index contributed by atoms with van der Waals surface area (Å²) >= 11 is 0. The summed E-state index contributed by atoms with van der Waals surface area (Å²) in [7, 11) is -0.916. The number of carbonyl (C=O) groups is 1. The first-order valence-electron chi connectivity index (χ1n) is 8.22. The number of rotatable bonds is 10. The average Bonchev–Trinajstić information content (AvgIpc) is 2.68. The quantitative estimate of drug-likeness (QED) is 0.572. The molecular weight excluding hydrogens is 391 g/mol. The van der Waals surface area contributed by atoms with E-state index in [9.17, 15) is 17.6 Å². The highest BCUT2D eigenvalue weighted by Crippen LogP contribution is 2.27. The van der Waals surface area contributed by atoms with Crippen LogP contribution in [0.25, 0.3) is 0 Å². The lowest BCUT2D eigenvalue weighted by molar-refractivity contribution is -0.126. The van der Waals surface area contributed by atoms with Crippen LogP contribution in [0.5, 0.6) is 11.5 Å². The number of methoxy groups -OCH3 is 2. The zero-order valence-corrected chi connectivity index (χ0v) is 16.2. The molecule has 0 saturated heterocycles. The third kappa shape index (κ3) is 6.19. The predicted molar refractivity (Wildman–Crippen MR) is 98.9 cm³/mol. The number of halogens is 1. The lowest BCUT2D eigenvalue weighted by Crippen LogP contribution is -2.33. The van der Waals surface area contributed by atoms with Crippen LogP contribution in [0.1, 0.15) is 5.56 Å². The molecule has 2 aromatic rings. The Bertz CT molecular complexity index is 903. The van der Waals surface area contributed by atoms with E-state index in [1.165, 1.54) is 7.11 Å². The molecular formula is C18H21FN2O6S. The highest BCUT2D eigenvalue weighted by atomic mass is 32.2. The molecule has 28 heavy (non-hydrogen) atoms. The molecule has 0 saturated carbocycles. The third-order valence-electron chi connectivity index (χ3n) is 3.68. The largest absolute Gasteiger partial charge is 0.493 e. The zero-order chi connectivity index (χ0) is 20.6. The number of hydrogen-bond acceptors (Lipinski definition) is 6.